The minimum atomic E-state index is -0.380. The maximum atomic E-state index is 13.0. The number of H-pyrrole nitrogens is 1. The second kappa shape index (κ2) is 7.56. The third-order valence-electron chi connectivity index (χ3n) is 4.15. The van der Waals surface area contributed by atoms with E-state index in [1.165, 1.54) is 18.2 Å². The first kappa shape index (κ1) is 18.6. The van der Waals surface area contributed by atoms with Crippen molar-refractivity contribution in [2.24, 2.45) is 0 Å². The zero-order valence-corrected chi connectivity index (χ0v) is 15.6. The minimum Gasteiger partial charge on any atom is -0.503 e. The van der Waals surface area contributed by atoms with Gasteiger partial charge in [0.2, 0.25) is 5.78 Å². The highest BCUT2D eigenvalue weighted by Crippen LogP contribution is 2.36. The van der Waals surface area contributed by atoms with Crippen LogP contribution in [-0.4, -0.2) is 22.5 Å². The molecule has 0 spiro atoms. The minimum absolute atomic E-state index is 0.0351. The van der Waals surface area contributed by atoms with Crippen molar-refractivity contribution in [3.05, 3.63) is 63.8 Å². The second-order valence-corrected chi connectivity index (χ2v) is 6.36. The molecule has 3 aromatic rings. The molecule has 0 unspecified atom stereocenters. The van der Waals surface area contributed by atoms with E-state index in [0.717, 1.165) is 10.9 Å². The van der Waals surface area contributed by atoms with E-state index in [1.54, 1.807) is 13.8 Å². The van der Waals surface area contributed by atoms with Crippen LogP contribution in [0.25, 0.3) is 17.0 Å². The molecule has 0 saturated carbocycles. The number of nitrogens with one attached hydrogen (secondary N) is 1. The van der Waals surface area contributed by atoms with Gasteiger partial charge in [0.15, 0.2) is 11.5 Å². The zero-order valence-electron chi connectivity index (χ0n) is 14.8. The van der Waals surface area contributed by atoms with Crippen LogP contribution in [0, 0.1) is 18.3 Å². The van der Waals surface area contributed by atoms with Crippen molar-refractivity contribution in [3.8, 4) is 17.6 Å². The quantitative estimate of drug-likeness (QED) is 0.369. The SMILES string of the molecule is CCOc1cc(/C=C(\C#N)C(=O)c2c(C)[nH]c3ccccc23)cc(Cl)c1O. The van der Waals surface area contributed by atoms with Crippen LogP contribution < -0.4 is 4.74 Å². The van der Waals surface area contributed by atoms with Crippen LogP contribution in [0.4, 0.5) is 0 Å². The van der Waals surface area contributed by atoms with Gasteiger partial charge >= 0.3 is 0 Å². The highest BCUT2D eigenvalue weighted by molar-refractivity contribution is 6.32. The number of phenolic OH excluding ortho intramolecular Hbond substituents is 1. The molecule has 5 nitrogen and oxygen atoms in total. The van der Waals surface area contributed by atoms with E-state index in [-0.39, 0.29) is 27.9 Å². The number of hydrogen-bond donors (Lipinski definition) is 2. The van der Waals surface area contributed by atoms with E-state index in [4.69, 9.17) is 16.3 Å². The Bertz CT molecular complexity index is 1110. The van der Waals surface area contributed by atoms with Crippen molar-refractivity contribution < 1.29 is 14.6 Å². The topological polar surface area (TPSA) is 86.1 Å². The standard InChI is InChI=1S/C21H17ClN2O3/c1-3-27-18-10-13(9-16(22)21(18)26)8-14(11-23)20(25)19-12(2)24-17-7-5-4-6-15(17)19/h4-10,24,26H,3H2,1-2H3/b14-8+. The van der Waals surface area contributed by atoms with Crippen LogP contribution in [-0.2, 0) is 0 Å². The number of aromatic nitrogens is 1. The van der Waals surface area contributed by atoms with Crippen molar-refractivity contribution in [2.75, 3.05) is 6.61 Å². The molecule has 0 atom stereocenters. The lowest BCUT2D eigenvalue weighted by atomic mass is 9.99. The summed E-state index contributed by atoms with van der Waals surface area (Å²) in [7, 11) is 0. The van der Waals surface area contributed by atoms with Crippen LogP contribution in [0.2, 0.25) is 5.02 Å². The van der Waals surface area contributed by atoms with E-state index >= 15 is 0 Å². The average molecular weight is 381 g/mol. The molecule has 1 aromatic heterocycles. The summed E-state index contributed by atoms with van der Waals surface area (Å²) in [6.07, 6.45) is 1.44. The van der Waals surface area contributed by atoms with Gasteiger partial charge in [0, 0.05) is 16.6 Å². The largest absolute Gasteiger partial charge is 0.503 e. The van der Waals surface area contributed by atoms with Crippen molar-refractivity contribution >= 4 is 34.4 Å². The summed E-state index contributed by atoms with van der Waals surface area (Å²) in [5.74, 6) is -0.355. The lowest BCUT2D eigenvalue weighted by Crippen LogP contribution is -2.03. The summed E-state index contributed by atoms with van der Waals surface area (Å²) >= 11 is 6.03. The number of benzene rings is 2. The summed E-state index contributed by atoms with van der Waals surface area (Å²) in [5, 5.41) is 20.3. The number of halogens is 1. The molecule has 3 rings (SSSR count). The molecule has 136 valence electrons. The fraction of sp³-hybridized carbons (Fsp3) is 0.143. The number of nitrogens with zero attached hydrogens (tertiary/aromatic N) is 1. The third kappa shape index (κ3) is 3.53. The number of nitriles is 1. The second-order valence-electron chi connectivity index (χ2n) is 5.95. The fourth-order valence-corrected chi connectivity index (χ4v) is 3.18. The van der Waals surface area contributed by atoms with Crippen molar-refractivity contribution in [1.29, 1.82) is 5.26 Å². The van der Waals surface area contributed by atoms with Crippen LogP contribution >= 0.6 is 11.6 Å². The molecule has 6 heteroatoms. The number of aromatic hydroxyl groups is 1. The molecule has 0 aliphatic carbocycles. The van der Waals surface area contributed by atoms with Crippen molar-refractivity contribution in [1.82, 2.24) is 4.98 Å². The van der Waals surface area contributed by atoms with Gasteiger partial charge in [-0.15, -0.1) is 0 Å². The molecule has 0 aliphatic rings. The molecular formula is C21H17ClN2O3. The summed E-state index contributed by atoms with van der Waals surface area (Å²) in [6.45, 7) is 3.92. The van der Waals surface area contributed by atoms with Gasteiger partial charge in [0.25, 0.3) is 0 Å². The highest BCUT2D eigenvalue weighted by Gasteiger charge is 2.20. The Balaban J connectivity index is 2.08. The number of fused-ring (bicyclic) bond motifs is 1. The highest BCUT2D eigenvalue weighted by atomic mass is 35.5. The van der Waals surface area contributed by atoms with Crippen LogP contribution in [0.1, 0.15) is 28.5 Å². The Kier molecular flexibility index (Phi) is 5.20. The predicted octanol–water partition coefficient (Wildman–Crippen LogP) is 5.02. The lowest BCUT2D eigenvalue weighted by Gasteiger charge is -2.08. The number of carbonyl (C=O) groups excluding carboxylic acids is 1. The summed E-state index contributed by atoms with van der Waals surface area (Å²) in [6, 6.07) is 12.4. The summed E-state index contributed by atoms with van der Waals surface area (Å²) in [4.78, 5) is 16.2. The van der Waals surface area contributed by atoms with Crippen LogP contribution in [0.5, 0.6) is 11.5 Å². The number of phenols is 1. The number of Topliss-reactive ketones (excluding diaryl/α,β-unsaturated/α-hetero) is 1. The van der Waals surface area contributed by atoms with E-state index in [2.05, 4.69) is 4.98 Å². The Morgan fingerprint density at radius 1 is 1.37 bits per heavy atom. The lowest BCUT2D eigenvalue weighted by molar-refractivity contribution is 0.104. The molecule has 0 fully saturated rings. The van der Waals surface area contributed by atoms with Gasteiger partial charge in [-0.2, -0.15) is 5.26 Å². The number of rotatable bonds is 5. The maximum absolute atomic E-state index is 13.0. The molecule has 0 bridgehead atoms. The molecule has 0 aliphatic heterocycles. The third-order valence-corrected chi connectivity index (χ3v) is 4.44. The van der Waals surface area contributed by atoms with Gasteiger partial charge in [-0.3, -0.25) is 4.79 Å². The van der Waals surface area contributed by atoms with Gasteiger partial charge in [0.1, 0.15) is 11.6 Å². The van der Waals surface area contributed by atoms with Crippen molar-refractivity contribution in [2.45, 2.75) is 13.8 Å². The first-order valence-corrected chi connectivity index (χ1v) is 8.73. The summed E-state index contributed by atoms with van der Waals surface area (Å²) < 4.78 is 5.35. The molecule has 27 heavy (non-hydrogen) atoms. The Labute approximate surface area is 161 Å². The number of para-hydroxylation sites is 1. The molecule has 0 amide bonds. The molecule has 0 saturated heterocycles. The molecule has 2 N–H and O–H groups in total. The molecular weight excluding hydrogens is 364 g/mol. The first-order valence-electron chi connectivity index (χ1n) is 8.35. The van der Waals surface area contributed by atoms with Crippen LogP contribution in [0.15, 0.2) is 42.0 Å². The van der Waals surface area contributed by atoms with E-state index < -0.39 is 0 Å². The van der Waals surface area contributed by atoms with Gasteiger partial charge in [-0.05, 0) is 43.7 Å². The number of aromatic amines is 1. The normalized spacial score (nSPS) is 11.4. The fourth-order valence-electron chi connectivity index (χ4n) is 2.96. The number of ether oxygens (including phenoxy) is 1. The number of hydrogen-bond acceptors (Lipinski definition) is 4. The van der Waals surface area contributed by atoms with Gasteiger partial charge in [0.05, 0.1) is 17.2 Å². The van der Waals surface area contributed by atoms with Crippen molar-refractivity contribution in [3.63, 3.8) is 0 Å². The number of aryl methyl sites for hydroxylation is 1. The zero-order chi connectivity index (χ0) is 19.6. The molecule has 1 heterocycles. The maximum Gasteiger partial charge on any atom is 0.205 e. The van der Waals surface area contributed by atoms with Crippen LogP contribution in [0.3, 0.4) is 0 Å². The Morgan fingerprint density at radius 3 is 2.81 bits per heavy atom. The van der Waals surface area contributed by atoms with E-state index in [1.807, 2.05) is 30.3 Å². The Morgan fingerprint density at radius 2 is 2.11 bits per heavy atom. The average Bonchev–Trinajstić information content (AvgIpc) is 2.99. The monoisotopic (exact) mass is 380 g/mol. The molecule has 0 radical (unpaired) electrons. The van der Waals surface area contributed by atoms with E-state index in [0.29, 0.717) is 23.4 Å². The number of carbonyl (C=O) groups is 1. The Hall–Kier alpha value is -3.23. The predicted molar refractivity (Wildman–Crippen MR) is 105 cm³/mol. The van der Waals surface area contributed by atoms with E-state index in [9.17, 15) is 15.2 Å². The van der Waals surface area contributed by atoms with Gasteiger partial charge in [-0.25, -0.2) is 0 Å². The summed E-state index contributed by atoms with van der Waals surface area (Å²) in [5.41, 5.74) is 2.45. The smallest absolute Gasteiger partial charge is 0.205 e. The molecule has 2 aromatic carbocycles. The number of allylic oxidation sites excluding steroid dienone is 1. The number of ketones is 1. The first-order chi connectivity index (χ1) is 13.0. The van der Waals surface area contributed by atoms with Gasteiger partial charge < -0.3 is 14.8 Å². The van der Waals surface area contributed by atoms with Gasteiger partial charge in [-0.1, -0.05) is 29.8 Å².